The number of carbonyl (C=O) groups is 2. The summed E-state index contributed by atoms with van der Waals surface area (Å²) in [4.78, 5) is 32.1. The maximum atomic E-state index is 13.4. The average Bonchev–Trinajstić information content (AvgIpc) is 3.24. The predicted molar refractivity (Wildman–Crippen MR) is 133 cm³/mol. The molecule has 2 aromatic carbocycles. The van der Waals surface area contributed by atoms with E-state index in [9.17, 15) is 9.59 Å². The molecule has 2 amide bonds. The zero-order chi connectivity index (χ0) is 22.9. The van der Waals surface area contributed by atoms with Crippen molar-refractivity contribution >= 4 is 39.8 Å². The minimum Gasteiger partial charge on any atom is -0.367 e. The highest BCUT2D eigenvalue weighted by molar-refractivity contribution is 6.09. The number of amides is 2. The Morgan fingerprint density at radius 2 is 1.82 bits per heavy atom. The zero-order valence-electron chi connectivity index (χ0n) is 19.0. The second-order valence-corrected chi connectivity index (χ2v) is 8.51. The number of hydrogen-bond acceptors (Lipinski definition) is 4. The molecule has 170 valence electrons. The Kier molecular flexibility index (Phi) is 5.64. The van der Waals surface area contributed by atoms with Crippen molar-refractivity contribution in [2.75, 3.05) is 54.4 Å². The molecule has 2 aliphatic heterocycles. The number of benzene rings is 2. The molecule has 0 unspecified atom stereocenters. The van der Waals surface area contributed by atoms with Crippen LogP contribution in [-0.2, 0) is 11.3 Å². The Bertz CT molecular complexity index is 1220. The van der Waals surface area contributed by atoms with Crippen molar-refractivity contribution in [1.29, 1.82) is 0 Å². The molecule has 1 N–H and O–H groups in total. The molecular formula is C26H29N5O2. The van der Waals surface area contributed by atoms with Gasteiger partial charge in [-0.2, -0.15) is 0 Å². The van der Waals surface area contributed by atoms with E-state index >= 15 is 0 Å². The lowest BCUT2D eigenvalue weighted by Gasteiger charge is -2.37. The lowest BCUT2D eigenvalue weighted by molar-refractivity contribution is -0.111. The van der Waals surface area contributed by atoms with Gasteiger partial charge in [-0.1, -0.05) is 31.7 Å². The molecule has 0 aliphatic carbocycles. The summed E-state index contributed by atoms with van der Waals surface area (Å²) >= 11 is 0. The number of para-hydroxylation sites is 1. The van der Waals surface area contributed by atoms with Crippen molar-refractivity contribution in [2.24, 2.45) is 0 Å². The molecule has 3 aromatic rings. The molecule has 3 heterocycles. The summed E-state index contributed by atoms with van der Waals surface area (Å²) in [6.45, 7) is 11.9. The Morgan fingerprint density at radius 3 is 2.58 bits per heavy atom. The van der Waals surface area contributed by atoms with Gasteiger partial charge < -0.3 is 24.6 Å². The molecule has 33 heavy (non-hydrogen) atoms. The van der Waals surface area contributed by atoms with Crippen molar-refractivity contribution in [1.82, 2.24) is 9.47 Å². The largest absolute Gasteiger partial charge is 0.367 e. The standard InChI is InChI=1S/C26H29N5O2/c1-3-25(32)27-21-18-20(9-10-23(21)29-13-11-28(4-2)12-14-29)30-15-16-31-22-8-6-5-7-19(22)17-24(31)26(30)33/h3,5-10,17-18H,1,4,11-16H2,2H3,(H,27,32). The van der Waals surface area contributed by atoms with E-state index in [0.29, 0.717) is 17.9 Å². The molecule has 0 radical (unpaired) electrons. The quantitative estimate of drug-likeness (QED) is 0.613. The number of piperazine rings is 1. The van der Waals surface area contributed by atoms with Gasteiger partial charge in [-0.05, 0) is 43.0 Å². The predicted octanol–water partition coefficient (Wildman–Crippen LogP) is 3.57. The van der Waals surface area contributed by atoms with Crippen LogP contribution in [0.2, 0.25) is 0 Å². The Morgan fingerprint density at radius 1 is 1.03 bits per heavy atom. The number of rotatable bonds is 5. The summed E-state index contributed by atoms with van der Waals surface area (Å²) in [6, 6.07) is 16.0. The van der Waals surface area contributed by atoms with Gasteiger partial charge in [0.15, 0.2) is 0 Å². The first-order valence-electron chi connectivity index (χ1n) is 11.5. The van der Waals surface area contributed by atoms with Gasteiger partial charge in [0.05, 0.1) is 11.4 Å². The summed E-state index contributed by atoms with van der Waals surface area (Å²) in [7, 11) is 0. The maximum absolute atomic E-state index is 13.4. The van der Waals surface area contributed by atoms with E-state index in [1.807, 2.05) is 42.5 Å². The topological polar surface area (TPSA) is 60.8 Å². The third-order valence-electron chi connectivity index (χ3n) is 6.72. The number of fused-ring (bicyclic) bond motifs is 3. The van der Waals surface area contributed by atoms with Crippen LogP contribution in [0.25, 0.3) is 10.9 Å². The van der Waals surface area contributed by atoms with Gasteiger partial charge in [-0.3, -0.25) is 9.59 Å². The fourth-order valence-corrected chi connectivity index (χ4v) is 4.87. The number of carbonyl (C=O) groups excluding carboxylic acids is 2. The van der Waals surface area contributed by atoms with E-state index in [2.05, 4.69) is 39.3 Å². The van der Waals surface area contributed by atoms with Crippen LogP contribution in [0.15, 0.2) is 61.2 Å². The fraction of sp³-hybridized carbons (Fsp3) is 0.308. The molecule has 5 rings (SSSR count). The minimum absolute atomic E-state index is 0.0252. The van der Waals surface area contributed by atoms with Crippen LogP contribution >= 0.6 is 0 Å². The van der Waals surface area contributed by atoms with E-state index < -0.39 is 0 Å². The number of nitrogens with zero attached hydrogens (tertiary/aromatic N) is 4. The van der Waals surface area contributed by atoms with Crippen LogP contribution in [0.1, 0.15) is 17.4 Å². The van der Waals surface area contributed by atoms with Crippen LogP contribution in [-0.4, -0.2) is 60.5 Å². The van der Waals surface area contributed by atoms with E-state index in [-0.39, 0.29) is 11.8 Å². The van der Waals surface area contributed by atoms with E-state index in [1.54, 1.807) is 4.90 Å². The average molecular weight is 444 g/mol. The summed E-state index contributed by atoms with van der Waals surface area (Å²) in [5.74, 6) is -0.284. The number of anilines is 3. The molecule has 1 fully saturated rings. The zero-order valence-corrected chi connectivity index (χ0v) is 19.0. The van der Waals surface area contributed by atoms with Crippen molar-refractivity contribution in [3.63, 3.8) is 0 Å². The number of nitrogens with one attached hydrogen (secondary N) is 1. The molecule has 0 saturated carbocycles. The highest BCUT2D eigenvalue weighted by atomic mass is 16.2. The monoisotopic (exact) mass is 443 g/mol. The molecule has 7 nitrogen and oxygen atoms in total. The second-order valence-electron chi connectivity index (χ2n) is 8.51. The van der Waals surface area contributed by atoms with E-state index in [0.717, 1.165) is 61.5 Å². The lowest BCUT2D eigenvalue weighted by atomic mass is 10.1. The van der Waals surface area contributed by atoms with Crippen LogP contribution in [0, 0.1) is 0 Å². The molecular weight excluding hydrogens is 414 g/mol. The van der Waals surface area contributed by atoms with Crippen LogP contribution in [0.5, 0.6) is 0 Å². The Balaban J connectivity index is 1.47. The highest BCUT2D eigenvalue weighted by Crippen LogP contribution is 2.34. The van der Waals surface area contributed by atoms with Crippen molar-refractivity contribution in [3.05, 3.63) is 66.9 Å². The first kappa shape index (κ1) is 21.3. The van der Waals surface area contributed by atoms with Gasteiger partial charge in [0.2, 0.25) is 5.91 Å². The maximum Gasteiger partial charge on any atom is 0.274 e. The third kappa shape index (κ3) is 3.89. The van der Waals surface area contributed by atoms with Gasteiger partial charge in [-0.25, -0.2) is 0 Å². The van der Waals surface area contributed by atoms with E-state index in [4.69, 9.17) is 0 Å². The SMILES string of the molecule is C=CC(=O)Nc1cc(N2CCn3c(cc4ccccc43)C2=O)ccc1N1CCN(CC)CC1. The van der Waals surface area contributed by atoms with Crippen LogP contribution in [0.3, 0.4) is 0 Å². The summed E-state index contributed by atoms with van der Waals surface area (Å²) in [6.07, 6.45) is 1.27. The molecule has 0 bridgehead atoms. The lowest BCUT2D eigenvalue weighted by Crippen LogP contribution is -2.46. The number of aromatic nitrogens is 1. The smallest absolute Gasteiger partial charge is 0.274 e. The van der Waals surface area contributed by atoms with Gasteiger partial charge in [0.25, 0.3) is 5.91 Å². The van der Waals surface area contributed by atoms with Crippen molar-refractivity contribution in [3.8, 4) is 0 Å². The molecule has 1 aromatic heterocycles. The Labute approximate surface area is 193 Å². The molecule has 0 atom stereocenters. The molecule has 2 aliphatic rings. The van der Waals surface area contributed by atoms with Crippen molar-refractivity contribution in [2.45, 2.75) is 13.5 Å². The summed E-state index contributed by atoms with van der Waals surface area (Å²) in [5, 5.41) is 4.03. The molecule has 0 spiro atoms. The summed E-state index contributed by atoms with van der Waals surface area (Å²) < 4.78 is 2.09. The van der Waals surface area contributed by atoms with Gasteiger partial charge in [-0.15, -0.1) is 0 Å². The summed E-state index contributed by atoms with van der Waals surface area (Å²) in [5.41, 5.74) is 4.25. The number of hydrogen-bond donors (Lipinski definition) is 1. The van der Waals surface area contributed by atoms with Gasteiger partial charge >= 0.3 is 0 Å². The normalized spacial score (nSPS) is 16.7. The first-order chi connectivity index (χ1) is 16.1. The number of likely N-dealkylation sites (N-methyl/N-ethyl adjacent to an activating group) is 1. The minimum atomic E-state index is -0.259. The third-order valence-corrected chi connectivity index (χ3v) is 6.72. The van der Waals surface area contributed by atoms with Gasteiger partial charge in [0.1, 0.15) is 5.69 Å². The van der Waals surface area contributed by atoms with Gasteiger partial charge in [0, 0.05) is 55.9 Å². The van der Waals surface area contributed by atoms with E-state index in [1.165, 1.54) is 6.08 Å². The fourth-order valence-electron chi connectivity index (χ4n) is 4.87. The molecule has 7 heteroatoms. The Hall–Kier alpha value is -3.58. The second kappa shape index (κ2) is 8.75. The first-order valence-corrected chi connectivity index (χ1v) is 11.5. The van der Waals surface area contributed by atoms with Crippen LogP contribution < -0.4 is 15.1 Å². The van der Waals surface area contributed by atoms with Crippen LogP contribution in [0.4, 0.5) is 17.1 Å². The molecule has 1 saturated heterocycles. The highest BCUT2D eigenvalue weighted by Gasteiger charge is 2.28. The van der Waals surface area contributed by atoms with Crippen molar-refractivity contribution < 1.29 is 9.59 Å².